The number of hydrogen-bond acceptors (Lipinski definition) is 2. The highest BCUT2D eigenvalue weighted by atomic mass is 35.5. The minimum Gasteiger partial charge on any atom is -0.294 e. The number of benzene rings is 1. The highest BCUT2D eigenvalue weighted by molar-refractivity contribution is 6.34. The van der Waals surface area contributed by atoms with E-state index in [1.165, 1.54) is 6.92 Å². The van der Waals surface area contributed by atoms with Crippen LogP contribution in [0.25, 0.3) is 10.9 Å². The first-order valence-electron chi connectivity index (χ1n) is 4.76. The molecular weight excluding hydrogens is 245 g/mol. The van der Waals surface area contributed by atoms with Crippen LogP contribution in [0.4, 0.5) is 0 Å². The van der Waals surface area contributed by atoms with Crippen LogP contribution in [-0.4, -0.2) is 10.8 Å². The summed E-state index contributed by atoms with van der Waals surface area (Å²) in [5.41, 5.74) is 2.09. The van der Waals surface area contributed by atoms with Gasteiger partial charge in [-0.1, -0.05) is 23.2 Å². The molecule has 0 aliphatic carbocycles. The van der Waals surface area contributed by atoms with Crippen LogP contribution >= 0.6 is 23.2 Å². The maximum Gasteiger partial charge on any atom is 0.162 e. The van der Waals surface area contributed by atoms with E-state index in [2.05, 4.69) is 4.98 Å². The van der Waals surface area contributed by atoms with Crippen LogP contribution in [0, 0.1) is 6.92 Å². The van der Waals surface area contributed by atoms with E-state index < -0.39 is 0 Å². The Kier molecular flexibility index (Phi) is 2.87. The van der Waals surface area contributed by atoms with Gasteiger partial charge in [-0.15, -0.1) is 0 Å². The molecule has 1 heterocycles. The summed E-state index contributed by atoms with van der Waals surface area (Å²) < 4.78 is 0. The summed E-state index contributed by atoms with van der Waals surface area (Å²) in [5, 5.41) is 1.74. The number of carbonyl (C=O) groups excluding carboxylic acids is 1. The number of fused-ring (bicyclic) bond motifs is 1. The van der Waals surface area contributed by atoms with Crippen LogP contribution in [0.2, 0.25) is 10.2 Å². The molecule has 1 aromatic heterocycles. The molecule has 0 atom stereocenters. The topological polar surface area (TPSA) is 30.0 Å². The van der Waals surface area contributed by atoms with E-state index >= 15 is 0 Å². The SMILES string of the molecule is CC(=O)c1cc2cc(C)c(Cl)cc2nc1Cl. The van der Waals surface area contributed by atoms with E-state index in [1.54, 1.807) is 12.1 Å². The van der Waals surface area contributed by atoms with Gasteiger partial charge >= 0.3 is 0 Å². The second-order valence-electron chi connectivity index (χ2n) is 3.68. The molecule has 2 rings (SSSR count). The number of ketones is 1. The first-order chi connectivity index (χ1) is 7.49. The molecule has 1 aromatic carbocycles. The lowest BCUT2D eigenvalue weighted by Crippen LogP contribution is -1.96. The molecule has 0 fully saturated rings. The summed E-state index contributed by atoms with van der Waals surface area (Å²) in [7, 11) is 0. The average Bonchev–Trinajstić information content (AvgIpc) is 2.19. The highest BCUT2D eigenvalue weighted by Gasteiger charge is 2.10. The molecule has 0 unspecified atom stereocenters. The zero-order valence-corrected chi connectivity index (χ0v) is 10.4. The molecule has 2 nitrogen and oxygen atoms in total. The maximum absolute atomic E-state index is 11.3. The van der Waals surface area contributed by atoms with Gasteiger partial charge in [0, 0.05) is 10.4 Å². The summed E-state index contributed by atoms with van der Waals surface area (Å²) in [4.78, 5) is 15.5. The molecule has 0 spiro atoms. The van der Waals surface area contributed by atoms with E-state index in [0.29, 0.717) is 16.1 Å². The summed E-state index contributed by atoms with van der Waals surface area (Å²) in [5.74, 6) is -0.0907. The molecule has 4 heteroatoms. The third-order valence-electron chi connectivity index (χ3n) is 2.43. The minimum atomic E-state index is -0.0907. The van der Waals surface area contributed by atoms with Crippen molar-refractivity contribution in [1.29, 1.82) is 0 Å². The van der Waals surface area contributed by atoms with Crippen molar-refractivity contribution in [1.82, 2.24) is 4.98 Å². The van der Waals surface area contributed by atoms with Crippen LogP contribution in [0.1, 0.15) is 22.8 Å². The van der Waals surface area contributed by atoms with Gasteiger partial charge in [0.1, 0.15) is 5.15 Å². The fourth-order valence-electron chi connectivity index (χ4n) is 1.53. The molecule has 0 radical (unpaired) electrons. The summed E-state index contributed by atoms with van der Waals surface area (Å²) in [6, 6.07) is 5.39. The van der Waals surface area contributed by atoms with E-state index in [-0.39, 0.29) is 10.9 Å². The summed E-state index contributed by atoms with van der Waals surface area (Å²) in [6.45, 7) is 3.38. The Morgan fingerprint density at radius 2 is 1.94 bits per heavy atom. The van der Waals surface area contributed by atoms with Gasteiger partial charge in [0.25, 0.3) is 0 Å². The molecular formula is C12H9Cl2NO. The third-order valence-corrected chi connectivity index (χ3v) is 3.12. The molecule has 0 aliphatic heterocycles. The van der Waals surface area contributed by atoms with E-state index in [1.807, 2.05) is 13.0 Å². The Morgan fingerprint density at radius 1 is 1.25 bits per heavy atom. The second-order valence-corrected chi connectivity index (χ2v) is 4.44. The number of aryl methyl sites for hydroxylation is 1. The normalized spacial score (nSPS) is 10.8. The number of nitrogens with zero attached hydrogens (tertiary/aromatic N) is 1. The second kappa shape index (κ2) is 4.04. The third kappa shape index (κ3) is 1.91. The number of pyridine rings is 1. The van der Waals surface area contributed by atoms with Crippen LogP contribution < -0.4 is 0 Å². The molecule has 82 valence electrons. The minimum absolute atomic E-state index is 0.0907. The van der Waals surface area contributed by atoms with Crippen LogP contribution in [0.3, 0.4) is 0 Å². The Hall–Kier alpha value is -1.12. The van der Waals surface area contributed by atoms with Gasteiger partial charge in [0.15, 0.2) is 5.78 Å². The van der Waals surface area contributed by atoms with Gasteiger partial charge in [-0.25, -0.2) is 4.98 Å². The smallest absolute Gasteiger partial charge is 0.162 e. The van der Waals surface area contributed by atoms with Crippen LogP contribution in [0.5, 0.6) is 0 Å². The van der Waals surface area contributed by atoms with Gasteiger partial charge < -0.3 is 0 Å². The van der Waals surface area contributed by atoms with Crippen LogP contribution in [0.15, 0.2) is 18.2 Å². The van der Waals surface area contributed by atoms with Gasteiger partial charge in [0.2, 0.25) is 0 Å². The van der Waals surface area contributed by atoms with Crippen molar-refractivity contribution >= 4 is 39.9 Å². The fraction of sp³-hybridized carbons (Fsp3) is 0.167. The summed E-state index contributed by atoms with van der Waals surface area (Å²) >= 11 is 11.9. The lowest BCUT2D eigenvalue weighted by atomic mass is 10.1. The maximum atomic E-state index is 11.3. The first-order valence-corrected chi connectivity index (χ1v) is 5.52. The zero-order valence-electron chi connectivity index (χ0n) is 8.84. The van der Waals surface area contributed by atoms with E-state index in [4.69, 9.17) is 23.2 Å². The molecule has 2 aromatic rings. The highest BCUT2D eigenvalue weighted by Crippen LogP contribution is 2.26. The molecule has 0 bridgehead atoms. The first kappa shape index (κ1) is 11.4. The molecule has 0 aliphatic rings. The zero-order chi connectivity index (χ0) is 11.9. The predicted octanol–water partition coefficient (Wildman–Crippen LogP) is 4.05. The van der Waals surface area contributed by atoms with Crippen molar-refractivity contribution in [3.8, 4) is 0 Å². The van der Waals surface area contributed by atoms with Crippen molar-refractivity contribution in [2.45, 2.75) is 13.8 Å². The van der Waals surface area contributed by atoms with Gasteiger partial charge in [-0.2, -0.15) is 0 Å². The molecule has 16 heavy (non-hydrogen) atoms. The standard InChI is InChI=1S/C12H9Cl2NO/c1-6-3-8-4-9(7(2)16)12(14)15-11(8)5-10(6)13/h3-5H,1-2H3. The van der Waals surface area contributed by atoms with Gasteiger partial charge in [0.05, 0.1) is 11.1 Å². The van der Waals surface area contributed by atoms with Crippen molar-refractivity contribution in [3.05, 3.63) is 39.5 Å². The number of carbonyl (C=O) groups is 1. The van der Waals surface area contributed by atoms with E-state index in [9.17, 15) is 4.79 Å². The lowest BCUT2D eigenvalue weighted by molar-refractivity contribution is 0.101. The number of hydrogen-bond donors (Lipinski definition) is 0. The van der Waals surface area contributed by atoms with Crippen molar-refractivity contribution in [2.75, 3.05) is 0 Å². The Morgan fingerprint density at radius 3 is 2.56 bits per heavy atom. The predicted molar refractivity (Wildman–Crippen MR) is 66.5 cm³/mol. The number of rotatable bonds is 1. The lowest BCUT2D eigenvalue weighted by Gasteiger charge is -2.05. The largest absolute Gasteiger partial charge is 0.294 e. The Labute approximate surface area is 103 Å². The Bertz CT molecular complexity index is 593. The summed E-state index contributed by atoms with van der Waals surface area (Å²) in [6.07, 6.45) is 0. The van der Waals surface area contributed by atoms with Crippen molar-refractivity contribution < 1.29 is 4.79 Å². The molecule has 0 saturated carbocycles. The monoisotopic (exact) mass is 253 g/mol. The van der Waals surface area contributed by atoms with Crippen LogP contribution in [-0.2, 0) is 0 Å². The molecule has 0 saturated heterocycles. The quantitative estimate of drug-likeness (QED) is 0.567. The van der Waals surface area contributed by atoms with Crippen molar-refractivity contribution in [3.63, 3.8) is 0 Å². The van der Waals surface area contributed by atoms with Gasteiger partial charge in [-0.3, -0.25) is 4.79 Å². The Balaban J connectivity index is 2.79. The number of aromatic nitrogens is 1. The number of Topliss-reactive ketones (excluding diaryl/α,β-unsaturated/α-hetero) is 1. The average molecular weight is 254 g/mol. The number of halogens is 2. The van der Waals surface area contributed by atoms with Gasteiger partial charge in [-0.05, 0) is 37.6 Å². The molecule has 0 amide bonds. The fourth-order valence-corrected chi connectivity index (χ4v) is 1.97. The molecule has 0 N–H and O–H groups in total. The van der Waals surface area contributed by atoms with E-state index in [0.717, 1.165) is 10.9 Å². The van der Waals surface area contributed by atoms with Crippen molar-refractivity contribution in [2.24, 2.45) is 0 Å².